The first kappa shape index (κ1) is 15.6. The molecule has 1 aliphatic carbocycles. The van der Waals surface area contributed by atoms with Gasteiger partial charge in [-0.2, -0.15) is 0 Å². The molecule has 0 bridgehead atoms. The highest BCUT2D eigenvalue weighted by atomic mass is 16.3. The van der Waals surface area contributed by atoms with Gasteiger partial charge in [-0.1, -0.05) is 33.6 Å². The Morgan fingerprint density at radius 3 is 2.65 bits per heavy atom. The largest absolute Gasteiger partial charge is 0.463 e. The van der Waals surface area contributed by atoms with Crippen molar-refractivity contribution in [2.75, 3.05) is 7.05 Å². The molecule has 3 heteroatoms. The third-order valence-electron chi connectivity index (χ3n) is 4.44. The number of nitrogens with one attached hydrogen (secondary N) is 1. The van der Waals surface area contributed by atoms with Crippen molar-refractivity contribution in [1.82, 2.24) is 10.2 Å². The van der Waals surface area contributed by atoms with Gasteiger partial charge >= 0.3 is 0 Å². The first-order valence-electron chi connectivity index (χ1n) is 8.07. The molecule has 1 saturated carbocycles. The molecule has 0 radical (unpaired) electrons. The normalized spacial score (nSPS) is 23.7. The lowest BCUT2D eigenvalue weighted by Crippen LogP contribution is -2.38. The van der Waals surface area contributed by atoms with Crippen molar-refractivity contribution in [3.63, 3.8) is 0 Å². The Hall–Kier alpha value is -0.800. The van der Waals surface area contributed by atoms with E-state index in [1.54, 1.807) is 0 Å². The molecule has 0 aromatic carbocycles. The van der Waals surface area contributed by atoms with E-state index in [-0.39, 0.29) is 0 Å². The molecule has 0 saturated heterocycles. The molecule has 0 spiro atoms. The van der Waals surface area contributed by atoms with Crippen LogP contribution in [0.5, 0.6) is 0 Å². The molecule has 1 fully saturated rings. The molecular weight excluding hydrogens is 248 g/mol. The molecule has 1 N–H and O–H groups in total. The number of nitrogens with zero attached hydrogens (tertiary/aromatic N) is 1. The van der Waals surface area contributed by atoms with E-state index in [2.05, 4.69) is 50.2 Å². The van der Waals surface area contributed by atoms with Crippen LogP contribution in [-0.2, 0) is 13.1 Å². The Morgan fingerprint density at radius 1 is 1.25 bits per heavy atom. The highest BCUT2D eigenvalue weighted by molar-refractivity contribution is 5.07. The van der Waals surface area contributed by atoms with Crippen LogP contribution in [0.15, 0.2) is 16.5 Å². The molecule has 1 aromatic rings. The van der Waals surface area contributed by atoms with Crippen molar-refractivity contribution in [1.29, 1.82) is 0 Å². The van der Waals surface area contributed by atoms with Crippen molar-refractivity contribution in [2.24, 2.45) is 5.92 Å². The van der Waals surface area contributed by atoms with Gasteiger partial charge in [-0.05, 0) is 37.9 Å². The second kappa shape index (κ2) is 7.28. The quantitative estimate of drug-likeness (QED) is 0.858. The monoisotopic (exact) mass is 278 g/mol. The molecule has 20 heavy (non-hydrogen) atoms. The zero-order valence-corrected chi connectivity index (χ0v) is 13.5. The molecule has 3 nitrogen and oxygen atoms in total. The molecule has 2 rings (SSSR count). The predicted octanol–water partition coefficient (Wildman–Crippen LogP) is 3.79. The van der Waals surface area contributed by atoms with E-state index in [1.165, 1.54) is 25.7 Å². The zero-order valence-electron chi connectivity index (χ0n) is 13.5. The average molecular weight is 278 g/mol. The first-order chi connectivity index (χ1) is 9.56. The Bertz CT molecular complexity index is 399. The average Bonchev–Trinajstić information content (AvgIpc) is 2.84. The predicted molar refractivity (Wildman–Crippen MR) is 83.6 cm³/mol. The number of hydrogen-bond acceptors (Lipinski definition) is 3. The Labute approximate surface area is 123 Å². The third kappa shape index (κ3) is 4.35. The van der Waals surface area contributed by atoms with Gasteiger partial charge < -0.3 is 9.73 Å². The summed E-state index contributed by atoms with van der Waals surface area (Å²) in [5.41, 5.74) is 0. The fourth-order valence-electron chi connectivity index (χ4n) is 3.22. The summed E-state index contributed by atoms with van der Waals surface area (Å²) in [6.45, 7) is 8.45. The van der Waals surface area contributed by atoms with Gasteiger partial charge in [0, 0.05) is 12.1 Å². The topological polar surface area (TPSA) is 28.4 Å². The maximum absolute atomic E-state index is 5.93. The van der Waals surface area contributed by atoms with E-state index in [1.807, 2.05) is 0 Å². The molecular formula is C17H30N2O. The second-order valence-electron chi connectivity index (χ2n) is 6.65. The van der Waals surface area contributed by atoms with E-state index in [9.17, 15) is 0 Å². The van der Waals surface area contributed by atoms with E-state index >= 15 is 0 Å². The zero-order chi connectivity index (χ0) is 14.5. The van der Waals surface area contributed by atoms with Gasteiger partial charge in [0.15, 0.2) is 0 Å². The summed E-state index contributed by atoms with van der Waals surface area (Å²) < 4.78 is 5.93. The summed E-state index contributed by atoms with van der Waals surface area (Å²) in [4.78, 5) is 2.47. The third-order valence-corrected chi connectivity index (χ3v) is 4.44. The second-order valence-corrected chi connectivity index (χ2v) is 6.65. The molecule has 0 aliphatic heterocycles. The highest BCUT2D eigenvalue weighted by Gasteiger charge is 2.25. The standard InChI is InChI=1S/C17H30N2O/c1-13(2)18-11-15-9-10-16(20-15)12-19(4)17-8-6-5-7-14(17)3/h9-10,13-14,17-18H,5-8,11-12H2,1-4H3. The van der Waals surface area contributed by atoms with E-state index in [0.29, 0.717) is 12.1 Å². The maximum atomic E-state index is 5.93. The van der Waals surface area contributed by atoms with Gasteiger partial charge in [0.25, 0.3) is 0 Å². The number of furan rings is 1. The van der Waals surface area contributed by atoms with Gasteiger partial charge in [-0.25, -0.2) is 0 Å². The van der Waals surface area contributed by atoms with Gasteiger partial charge in [0.2, 0.25) is 0 Å². The Morgan fingerprint density at radius 2 is 1.95 bits per heavy atom. The minimum absolute atomic E-state index is 0.495. The van der Waals surface area contributed by atoms with Crippen molar-refractivity contribution in [3.05, 3.63) is 23.7 Å². The number of hydrogen-bond donors (Lipinski definition) is 1. The fraction of sp³-hybridized carbons (Fsp3) is 0.765. The van der Waals surface area contributed by atoms with Crippen molar-refractivity contribution < 1.29 is 4.42 Å². The first-order valence-corrected chi connectivity index (χ1v) is 8.07. The van der Waals surface area contributed by atoms with Crippen LogP contribution in [-0.4, -0.2) is 24.0 Å². The maximum Gasteiger partial charge on any atom is 0.118 e. The van der Waals surface area contributed by atoms with E-state index in [0.717, 1.165) is 30.5 Å². The van der Waals surface area contributed by atoms with Crippen LogP contribution >= 0.6 is 0 Å². The van der Waals surface area contributed by atoms with Crippen LogP contribution in [0.1, 0.15) is 58.0 Å². The van der Waals surface area contributed by atoms with Crippen molar-refractivity contribution in [3.8, 4) is 0 Å². The van der Waals surface area contributed by atoms with Crippen molar-refractivity contribution in [2.45, 2.75) is 71.6 Å². The number of rotatable bonds is 6. The lowest BCUT2D eigenvalue weighted by molar-refractivity contribution is 0.125. The van der Waals surface area contributed by atoms with Crippen LogP contribution in [0, 0.1) is 5.92 Å². The lowest BCUT2D eigenvalue weighted by Gasteiger charge is -2.35. The lowest BCUT2D eigenvalue weighted by atomic mass is 9.85. The van der Waals surface area contributed by atoms with Gasteiger partial charge in [0.1, 0.15) is 11.5 Å². The van der Waals surface area contributed by atoms with E-state index < -0.39 is 0 Å². The van der Waals surface area contributed by atoms with Gasteiger partial charge in [-0.3, -0.25) is 4.90 Å². The molecule has 0 amide bonds. The highest BCUT2D eigenvalue weighted by Crippen LogP contribution is 2.28. The molecule has 2 unspecified atom stereocenters. The minimum Gasteiger partial charge on any atom is -0.463 e. The SMILES string of the molecule is CC(C)NCc1ccc(CN(C)C2CCCCC2C)o1. The molecule has 1 heterocycles. The van der Waals surface area contributed by atoms with Crippen LogP contribution < -0.4 is 5.32 Å². The van der Waals surface area contributed by atoms with E-state index in [4.69, 9.17) is 4.42 Å². The minimum atomic E-state index is 0.495. The van der Waals surface area contributed by atoms with Crippen LogP contribution in [0.25, 0.3) is 0 Å². The molecule has 114 valence electrons. The summed E-state index contributed by atoms with van der Waals surface area (Å²) in [7, 11) is 2.24. The fourth-order valence-corrected chi connectivity index (χ4v) is 3.22. The summed E-state index contributed by atoms with van der Waals surface area (Å²) >= 11 is 0. The van der Waals surface area contributed by atoms with Crippen LogP contribution in [0.2, 0.25) is 0 Å². The Balaban J connectivity index is 1.86. The van der Waals surface area contributed by atoms with Gasteiger partial charge in [-0.15, -0.1) is 0 Å². The van der Waals surface area contributed by atoms with Crippen LogP contribution in [0.4, 0.5) is 0 Å². The summed E-state index contributed by atoms with van der Waals surface area (Å²) in [5.74, 6) is 2.94. The summed E-state index contributed by atoms with van der Waals surface area (Å²) in [6.07, 6.45) is 5.48. The summed E-state index contributed by atoms with van der Waals surface area (Å²) in [6, 6.07) is 5.44. The Kier molecular flexibility index (Phi) is 5.67. The summed E-state index contributed by atoms with van der Waals surface area (Å²) in [5, 5.41) is 3.39. The van der Waals surface area contributed by atoms with Crippen molar-refractivity contribution >= 4 is 0 Å². The van der Waals surface area contributed by atoms with Crippen LogP contribution in [0.3, 0.4) is 0 Å². The molecule has 2 atom stereocenters. The molecule has 1 aliphatic rings. The smallest absolute Gasteiger partial charge is 0.118 e. The van der Waals surface area contributed by atoms with Gasteiger partial charge in [0.05, 0.1) is 13.1 Å². The molecule has 1 aromatic heterocycles.